The van der Waals surface area contributed by atoms with Crippen molar-refractivity contribution in [3.8, 4) is 62.6 Å². The van der Waals surface area contributed by atoms with E-state index < -0.39 is 0 Å². The molecule has 0 unspecified atom stereocenters. The van der Waals surface area contributed by atoms with Crippen molar-refractivity contribution in [2.45, 2.75) is 37.5 Å². The summed E-state index contributed by atoms with van der Waals surface area (Å²) in [6, 6.07) is 75.0. The number of hydrogen-bond acceptors (Lipinski definition) is 4. The van der Waals surface area contributed by atoms with Gasteiger partial charge in [-0.1, -0.05) is 133 Å². The van der Waals surface area contributed by atoms with Gasteiger partial charge < -0.3 is 4.57 Å². The van der Waals surface area contributed by atoms with Gasteiger partial charge in [0.2, 0.25) is 0 Å². The van der Waals surface area contributed by atoms with Gasteiger partial charge >= 0.3 is 0 Å². The molecule has 4 aliphatic rings. The molecule has 0 N–H and O–H groups in total. The molecule has 5 heteroatoms. The largest absolute Gasteiger partial charge is 0.309 e. The quantitative estimate of drug-likeness (QED) is 0.160. The Morgan fingerprint density at radius 3 is 1.89 bits per heavy atom. The SMILES string of the molecule is N#Cc1ccc(-c2ccc3c(c2)sc2cc(C4(c5ccc(-c6cc(-c7ccccc7)nc(-c7cccc8c7c7ccccc7n8-c7ccccc7)c6)cc5)C5CC6CC(C5)CC4C6)ccc23)c(C#N)c1. The van der Waals surface area contributed by atoms with Gasteiger partial charge in [-0.3, -0.25) is 0 Å². The van der Waals surface area contributed by atoms with Gasteiger partial charge in [0.1, 0.15) is 0 Å². The summed E-state index contributed by atoms with van der Waals surface area (Å²) in [4.78, 5) is 5.47. The molecule has 70 heavy (non-hydrogen) atoms. The smallest absolute Gasteiger partial charge is 0.0998 e. The highest BCUT2D eigenvalue weighted by Gasteiger charge is 2.58. The van der Waals surface area contributed by atoms with Crippen LogP contribution in [0.15, 0.2) is 194 Å². The highest BCUT2D eigenvalue weighted by atomic mass is 32.1. The van der Waals surface area contributed by atoms with Gasteiger partial charge in [-0.25, -0.2) is 4.98 Å². The van der Waals surface area contributed by atoms with Crippen molar-refractivity contribution in [3.63, 3.8) is 0 Å². The van der Waals surface area contributed by atoms with Gasteiger partial charge in [0, 0.05) is 53.2 Å². The average molecular weight is 915 g/mol. The van der Waals surface area contributed by atoms with Crippen LogP contribution in [0, 0.1) is 46.3 Å². The number of hydrogen-bond donors (Lipinski definition) is 0. The lowest BCUT2D eigenvalue weighted by Gasteiger charge is -2.62. The fraction of sp³-hybridized carbons (Fsp3) is 0.154. The van der Waals surface area contributed by atoms with Gasteiger partial charge in [-0.2, -0.15) is 10.5 Å². The minimum absolute atomic E-state index is 0.0626. The maximum absolute atomic E-state index is 10.0. The molecule has 0 amide bonds. The molecule has 0 aliphatic heterocycles. The van der Waals surface area contributed by atoms with Crippen molar-refractivity contribution in [2.75, 3.05) is 0 Å². The molecule has 11 aromatic rings. The zero-order valence-corrected chi connectivity index (χ0v) is 39.3. The fourth-order valence-corrected chi connectivity index (χ4v) is 15.0. The normalized spacial score (nSPS) is 20.3. The third-order valence-corrected chi connectivity index (χ3v) is 17.7. The Hall–Kier alpha value is -8.09. The van der Waals surface area contributed by atoms with Gasteiger partial charge in [0.25, 0.3) is 0 Å². The van der Waals surface area contributed by atoms with Crippen LogP contribution in [0.3, 0.4) is 0 Å². The summed E-state index contributed by atoms with van der Waals surface area (Å²) in [6.07, 6.45) is 6.61. The molecule has 0 saturated heterocycles. The maximum Gasteiger partial charge on any atom is 0.0998 e. The van der Waals surface area contributed by atoms with Crippen molar-refractivity contribution in [1.82, 2.24) is 9.55 Å². The van der Waals surface area contributed by atoms with Crippen LogP contribution in [-0.2, 0) is 5.41 Å². The number of pyridine rings is 1. The second-order valence-electron chi connectivity index (χ2n) is 20.1. The van der Waals surface area contributed by atoms with E-state index in [0.29, 0.717) is 23.0 Å². The number of nitrogens with zero attached hydrogens (tertiary/aromatic N) is 4. The van der Waals surface area contributed by atoms with Crippen LogP contribution in [0.1, 0.15) is 54.4 Å². The molecule has 3 aromatic heterocycles. The molecule has 4 nitrogen and oxygen atoms in total. The standard InChI is InChI=1S/C65H46N4S/c66-38-40-18-25-53(47(29-40)39-67)45-21-26-54-55-27-24-49(37-63(55)70-62(54)36-45)65(50-30-41-28-42(32-50)33-51(65)31-41)48-22-19-43(20-23-48)46-34-58(44-10-3-1-4-11-44)68-59(35-46)56-15-9-17-61-64(56)57-14-7-8-16-60(57)69(61)52-12-5-2-6-13-52/h1-27,29,34-37,41-42,50-51H,28,30-33H2. The summed E-state index contributed by atoms with van der Waals surface area (Å²) >= 11 is 1.86. The molecule has 0 atom stereocenters. The highest BCUT2D eigenvalue weighted by Crippen LogP contribution is 2.65. The number of benzene rings is 8. The molecule has 4 fully saturated rings. The zero-order valence-electron chi connectivity index (χ0n) is 38.5. The van der Waals surface area contributed by atoms with E-state index in [2.05, 4.69) is 193 Å². The first kappa shape index (κ1) is 40.9. The van der Waals surface area contributed by atoms with Crippen LogP contribution in [0.2, 0.25) is 0 Å². The summed E-state index contributed by atoms with van der Waals surface area (Å²) in [5, 5.41) is 24.4. The van der Waals surface area contributed by atoms with E-state index in [4.69, 9.17) is 4.98 Å². The van der Waals surface area contributed by atoms with E-state index in [1.807, 2.05) is 17.4 Å². The number of rotatable bonds is 7. The number of aromatic nitrogens is 2. The van der Waals surface area contributed by atoms with Crippen LogP contribution in [-0.4, -0.2) is 9.55 Å². The van der Waals surface area contributed by atoms with Crippen LogP contribution in [0.5, 0.6) is 0 Å². The second-order valence-corrected chi connectivity index (χ2v) is 21.2. The first-order valence-corrected chi connectivity index (χ1v) is 25.5. The van der Waals surface area contributed by atoms with Gasteiger partial charge in [0.15, 0.2) is 0 Å². The summed E-state index contributed by atoms with van der Waals surface area (Å²) in [5.41, 5.74) is 15.7. The van der Waals surface area contributed by atoms with E-state index in [9.17, 15) is 10.5 Å². The van der Waals surface area contributed by atoms with E-state index in [-0.39, 0.29) is 5.41 Å². The topological polar surface area (TPSA) is 65.4 Å². The average Bonchev–Trinajstić information content (AvgIpc) is 3.96. The summed E-state index contributed by atoms with van der Waals surface area (Å²) in [5.74, 6) is 2.87. The molecular formula is C65H46N4S. The number of thiophene rings is 1. The van der Waals surface area contributed by atoms with Crippen LogP contribution in [0.4, 0.5) is 0 Å². The Balaban J connectivity index is 0.897. The maximum atomic E-state index is 10.0. The summed E-state index contributed by atoms with van der Waals surface area (Å²) in [7, 11) is 0. The summed E-state index contributed by atoms with van der Waals surface area (Å²) < 4.78 is 4.91. The molecule has 4 bridgehead atoms. The van der Waals surface area contributed by atoms with Crippen molar-refractivity contribution in [2.24, 2.45) is 23.7 Å². The van der Waals surface area contributed by atoms with Crippen molar-refractivity contribution in [3.05, 3.63) is 216 Å². The fourth-order valence-electron chi connectivity index (χ4n) is 13.8. The zero-order chi connectivity index (χ0) is 46.5. The molecule has 0 spiro atoms. The third-order valence-electron chi connectivity index (χ3n) is 16.5. The third kappa shape index (κ3) is 6.28. The lowest BCUT2D eigenvalue weighted by atomic mass is 9.42. The molecule has 332 valence electrons. The van der Waals surface area contributed by atoms with E-state index in [1.54, 1.807) is 12.1 Å². The molecule has 8 aromatic carbocycles. The van der Waals surface area contributed by atoms with Crippen LogP contribution < -0.4 is 0 Å². The number of fused-ring (bicyclic) bond motifs is 6. The Kier molecular flexibility index (Phi) is 9.35. The summed E-state index contributed by atoms with van der Waals surface area (Å²) in [6.45, 7) is 0. The molecule has 4 saturated carbocycles. The molecular weight excluding hydrogens is 869 g/mol. The highest BCUT2D eigenvalue weighted by molar-refractivity contribution is 7.25. The lowest BCUT2D eigenvalue weighted by molar-refractivity contribution is -0.0417. The predicted octanol–water partition coefficient (Wildman–Crippen LogP) is 16.7. The van der Waals surface area contributed by atoms with Gasteiger partial charge in [-0.15, -0.1) is 11.3 Å². The first-order chi connectivity index (χ1) is 34.5. The minimum atomic E-state index is -0.0626. The number of nitriles is 2. The van der Waals surface area contributed by atoms with E-state index in [1.165, 1.54) is 90.8 Å². The van der Waals surface area contributed by atoms with E-state index in [0.717, 1.165) is 56.7 Å². The van der Waals surface area contributed by atoms with Crippen molar-refractivity contribution in [1.29, 1.82) is 10.5 Å². The predicted molar refractivity (Wildman–Crippen MR) is 287 cm³/mol. The Bertz CT molecular complexity index is 3950. The van der Waals surface area contributed by atoms with Crippen LogP contribution >= 0.6 is 11.3 Å². The van der Waals surface area contributed by atoms with Crippen molar-refractivity contribution >= 4 is 53.3 Å². The molecule has 3 heterocycles. The Morgan fingerprint density at radius 1 is 0.471 bits per heavy atom. The lowest BCUT2D eigenvalue weighted by Crippen LogP contribution is -2.56. The van der Waals surface area contributed by atoms with Crippen LogP contribution in [0.25, 0.3) is 92.4 Å². The van der Waals surface area contributed by atoms with Gasteiger partial charge in [0.05, 0.1) is 45.7 Å². The molecule has 15 rings (SSSR count). The number of para-hydroxylation sites is 2. The van der Waals surface area contributed by atoms with Gasteiger partial charge in [-0.05, 0) is 150 Å². The monoisotopic (exact) mass is 914 g/mol. The van der Waals surface area contributed by atoms with E-state index >= 15 is 0 Å². The van der Waals surface area contributed by atoms with Crippen molar-refractivity contribution < 1.29 is 0 Å². The minimum Gasteiger partial charge on any atom is -0.309 e. The Labute approximate surface area is 411 Å². The first-order valence-electron chi connectivity index (χ1n) is 24.7. The molecule has 0 radical (unpaired) electrons. The Morgan fingerprint density at radius 2 is 1.13 bits per heavy atom. The molecule has 4 aliphatic carbocycles. The second kappa shape index (κ2) is 16.0.